The van der Waals surface area contributed by atoms with Gasteiger partial charge in [0, 0.05) is 43.8 Å². The molecule has 2 heterocycles. The lowest BCUT2D eigenvalue weighted by Crippen LogP contribution is -2.43. The van der Waals surface area contributed by atoms with Gasteiger partial charge in [-0.15, -0.1) is 12.4 Å². The number of aromatic nitrogens is 1. The van der Waals surface area contributed by atoms with Gasteiger partial charge in [-0.3, -0.25) is 18.9 Å². The third-order valence-electron chi connectivity index (χ3n) is 6.74. The van der Waals surface area contributed by atoms with Gasteiger partial charge in [-0.1, -0.05) is 41.1 Å². The number of fused-ring (bicyclic) bond motifs is 1. The molecule has 1 fully saturated rings. The summed E-state index contributed by atoms with van der Waals surface area (Å²) >= 11 is 7.69. The van der Waals surface area contributed by atoms with Crippen molar-refractivity contribution in [3.05, 3.63) is 82.9 Å². The fourth-order valence-corrected chi connectivity index (χ4v) is 7.11. The summed E-state index contributed by atoms with van der Waals surface area (Å²) in [5.74, 6) is -0.244. The van der Waals surface area contributed by atoms with Crippen molar-refractivity contribution in [3.8, 4) is 0 Å². The topological polar surface area (TPSA) is 83.0 Å². The van der Waals surface area contributed by atoms with E-state index in [1.165, 1.54) is 34.8 Å². The molecule has 5 rings (SSSR count). The molecule has 12 heteroatoms. The Morgan fingerprint density at radius 3 is 2.42 bits per heavy atom. The first-order valence-corrected chi connectivity index (χ1v) is 15.2. The van der Waals surface area contributed by atoms with Crippen LogP contribution in [0.5, 0.6) is 0 Å². The van der Waals surface area contributed by atoms with Crippen LogP contribution in [0.4, 0.5) is 10.8 Å². The molecule has 3 aromatic carbocycles. The van der Waals surface area contributed by atoms with Crippen LogP contribution in [0.1, 0.15) is 15.9 Å². The van der Waals surface area contributed by atoms with Crippen LogP contribution in [0.25, 0.3) is 10.2 Å². The SMILES string of the molecule is Cc1cc(Cl)cc2sc(N(CCN3CCOCC3)C(=O)c3ccc(S(=O)(=O)N(C)c4ccccc4)cc3)nc12.Cl. The fourth-order valence-electron chi connectivity index (χ4n) is 4.47. The summed E-state index contributed by atoms with van der Waals surface area (Å²) in [4.78, 5) is 22.7. The number of hydrogen-bond acceptors (Lipinski definition) is 7. The van der Waals surface area contributed by atoms with E-state index in [0.29, 0.717) is 47.7 Å². The first kappa shape index (κ1) is 30.2. The van der Waals surface area contributed by atoms with E-state index < -0.39 is 10.0 Å². The summed E-state index contributed by atoms with van der Waals surface area (Å²) in [6.45, 7) is 5.99. The molecule has 0 radical (unpaired) electrons. The Bertz CT molecular complexity index is 1580. The number of sulfonamides is 1. The lowest BCUT2D eigenvalue weighted by Gasteiger charge is -2.29. The third-order valence-corrected chi connectivity index (χ3v) is 9.78. The fraction of sp³-hybridized carbons (Fsp3) is 0.286. The van der Waals surface area contributed by atoms with Crippen LogP contribution in [-0.4, -0.2) is 70.6 Å². The average molecular weight is 622 g/mol. The highest BCUT2D eigenvalue weighted by molar-refractivity contribution is 7.92. The Morgan fingerprint density at radius 1 is 1.07 bits per heavy atom. The molecule has 1 amide bonds. The summed E-state index contributed by atoms with van der Waals surface area (Å²) in [6.07, 6.45) is 0. The maximum atomic E-state index is 13.8. The predicted octanol–water partition coefficient (Wildman–Crippen LogP) is 5.48. The molecule has 4 aromatic rings. The van der Waals surface area contributed by atoms with E-state index in [0.717, 1.165) is 28.9 Å². The largest absolute Gasteiger partial charge is 0.379 e. The number of nitrogens with zero attached hydrogens (tertiary/aromatic N) is 4. The minimum absolute atomic E-state index is 0. The van der Waals surface area contributed by atoms with Gasteiger partial charge < -0.3 is 4.74 Å². The van der Waals surface area contributed by atoms with Crippen molar-refractivity contribution in [1.82, 2.24) is 9.88 Å². The van der Waals surface area contributed by atoms with Gasteiger partial charge in [0.1, 0.15) is 0 Å². The Kier molecular flexibility index (Phi) is 9.71. The second-order valence-electron chi connectivity index (χ2n) is 9.31. The normalized spacial score (nSPS) is 14.1. The molecule has 0 aliphatic carbocycles. The molecule has 212 valence electrons. The van der Waals surface area contributed by atoms with E-state index in [1.807, 2.05) is 25.1 Å². The first-order chi connectivity index (χ1) is 18.7. The lowest BCUT2D eigenvalue weighted by molar-refractivity contribution is 0.0391. The van der Waals surface area contributed by atoms with E-state index in [-0.39, 0.29) is 23.2 Å². The smallest absolute Gasteiger partial charge is 0.264 e. The van der Waals surface area contributed by atoms with Gasteiger partial charge in [-0.25, -0.2) is 13.4 Å². The molecule has 1 aliphatic heterocycles. The monoisotopic (exact) mass is 620 g/mol. The maximum Gasteiger partial charge on any atom is 0.264 e. The van der Waals surface area contributed by atoms with Crippen LogP contribution in [0, 0.1) is 6.92 Å². The van der Waals surface area contributed by atoms with Gasteiger partial charge in [-0.2, -0.15) is 0 Å². The Labute approximate surface area is 249 Å². The first-order valence-electron chi connectivity index (χ1n) is 12.6. The molecule has 0 N–H and O–H groups in total. The third kappa shape index (κ3) is 6.43. The van der Waals surface area contributed by atoms with E-state index >= 15 is 0 Å². The van der Waals surface area contributed by atoms with Crippen LogP contribution in [0.3, 0.4) is 0 Å². The number of para-hydroxylation sites is 1. The van der Waals surface area contributed by atoms with E-state index in [2.05, 4.69) is 4.90 Å². The molecular weight excluding hydrogens is 591 g/mol. The molecule has 40 heavy (non-hydrogen) atoms. The molecule has 0 bridgehead atoms. The van der Waals surface area contributed by atoms with Gasteiger partial charge in [0.15, 0.2) is 5.13 Å². The zero-order chi connectivity index (χ0) is 27.6. The van der Waals surface area contributed by atoms with Gasteiger partial charge in [-0.05, 0) is 61.0 Å². The number of ether oxygens (including phenoxy) is 1. The van der Waals surface area contributed by atoms with E-state index in [1.54, 1.807) is 41.3 Å². The summed E-state index contributed by atoms with van der Waals surface area (Å²) in [5, 5.41) is 1.20. The number of carbonyl (C=O) groups is 1. The molecule has 1 aromatic heterocycles. The highest BCUT2D eigenvalue weighted by Gasteiger charge is 2.25. The second kappa shape index (κ2) is 12.8. The minimum Gasteiger partial charge on any atom is -0.379 e. The number of thiazole rings is 1. The highest BCUT2D eigenvalue weighted by atomic mass is 35.5. The molecule has 8 nitrogen and oxygen atoms in total. The van der Waals surface area contributed by atoms with E-state index in [4.69, 9.17) is 21.3 Å². The number of benzene rings is 3. The maximum absolute atomic E-state index is 13.8. The Balaban J connectivity index is 0.00000370. The molecule has 0 spiro atoms. The van der Waals surface area contributed by atoms with Crippen LogP contribution >= 0.6 is 35.3 Å². The van der Waals surface area contributed by atoms with Crippen LogP contribution in [-0.2, 0) is 14.8 Å². The summed E-state index contributed by atoms with van der Waals surface area (Å²) in [6, 6.07) is 18.7. The van der Waals surface area contributed by atoms with Crippen molar-refractivity contribution in [2.24, 2.45) is 0 Å². The van der Waals surface area contributed by atoms with Crippen LogP contribution in [0.2, 0.25) is 5.02 Å². The van der Waals surface area contributed by atoms with Gasteiger partial charge in [0.25, 0.3) is 15.9 Å². The summed E-state index contributed by atoms with van der Waals surface area (Å²) in [5.41, 5.74) is 2.69. The summed E-state index contributed by atoms with van der Waals surface area (Å²) < 4.78 is 34.0. The van der Waals surface area contributed by atoms with Crippen molar-refractivity contribution in [2.45, 2.75) is 11.8 Å². The van der Waals surface area contributed by atoms with Crippen molar-refractivity contribution in [1.29, 1.82) is 0 Å². The van der Waals surface area contributed by atoms with Gasteiger partial charge in [0.2, 0.25) is 0 Å². The standard InChI is InChI=1S/C28H29ClN4O4S2.ClH/c1-20-18-22(29)19-25-26(20)30-28(38-25)33(13-12-32-14-16-37-17-15-32)27(34)21-8-10-24(11-9-21)39(35,36)31(2)23-6-4-3-5-7-23;/h3-11,18-19H,12-17H2,1-2H3;1H. The number of morpholine rings is 1. The van der Waals surface area contributed by atoms with Gasteiger partial charge in [0.05, 0.1) is 34.0 Å². The number of hydrogen-bond donors (Lipinski definition) is 0. The molecule has 0 unspecified atom stereocenters. The van der Waals surface area contributed by atoms with E-state index in [9.17, 15) is 13.2 Å². The lowest BCUT2D eigenvalue weighted by atomic mass is 10.2. The van der Waals surface area contributed by atoms with Gasteiger partial charge >= 0.3 is 0 Å². The van der Waals surface area contributed by atoms with Crippen molar-refractivity contribution in [2.75, 3.05) is 55.6 Å². The number of anilines is 2. The predicted molar refractivity (Wildman–Crippen MR) is 164 cm³/mol. The Morgan fingerprint density at radius 2 is 1.75 bits per heavy atom. The second-order valence-corrected chi connectivity index (χ2v) is 12.7. The number of halogens is 2. The van der Waals surface area contributed by atoms with Crippen LogP contribution < -0.4 is 9.21 Å². The number of carbonyl (C=O) groups excluding carboxylic acids is 1. The molecular formula is C28H30Cl2N4O4S2. The quantitative estimate of drug-likeness (QED) is 0.259. The molecule has 1 saturated heterocycles. The minimum atomic E-state index is -3.79. The molecule has 0 atom stereocenters. The molecule has 0 saturated carbocycles. The highest BCUT2D eigenvalue weighted by Crippen LogP contribution is 2.34. The average Bonchev–Trinajstić information content (AvgIpc) is 3.38. The number of aryl methyl sites for hydroxylation is 1. The van der Waals surface area contributed by atoms with Crippen LogP contribution in [0.15, 0.2) is 71.6 Å². The van der Waals surface area contributed by atoms with Crippen molar-refractivity contribution < 1.29 is 17.9 Å². The molecule has 1 aliphatic rings. The number of rotatable bonds is 8. The Hall–Kier alpha value is -2.73. The van der Waals surface area contributed by atoms with Crippen molar-refractivity contribution in [3.63, 3.8) is 0 Å². The zero-order valence-electron chi connectivity index (χ0n) is 22.1. The summed E-state index contributed by atoms with van der Waals surface area (Å²) in [7, 11) is -2.28. The zero-order valence-corrected chi connectivity index (χ0v) is 25.3. The van der Waals surface area contributed by atoms with Crippen molar-refractivity contribution >= 4 is 72.3 Å². The number of amides is 1.